The van der Waals surface area contributed by atoms with Gasteiger partial charge in [-0.15, -0.1) is 0 Å². The highest BCUT2D eigenvalue weighted by Gasteiger charge is 2.28. The Labute approximate surface area is 255 Å². The van der Waals surface area contributed by atoms with Crippen molar-refractivity contribution in [3.63, 3.8) is 0 Å². The van der Waals surface area contributed by atoms with Gasteiger partial charge in [0.1, 0.15) is 11.5 Å². The number of ether oxygens (including phenoxy) is 3. The van der Waals surface area contributed by atoms with Crippen molar-refractivity contribution in [1.82, 2.24) is 0 Å². The molecular formula is C36H46O7. The van der Waals surface area contributed by atoms with Crippen molar-refractivity contribution < 1.29 is 33.4 Å². The molecule has 2 fully saturated rings. The molecule has 0 atom stereocenters. The number of hydrogen-bond donors (Lipinski definition) is 0. The van der Waals surface area contributed by atoms with Crippen LogP contribution in [0.5, 0.6) is 5.75 Å². The fourth-order valence-corrected chi connectivity index (χ4v) is 6.42. The first-order valence-electron chi connectivity index (χ1n) is 16.0. The first kappa shape index (κ1) is 32.4. The third-order valence-corrected chi connectivity index (χ3v) is 9.01. The number of Topliss-reactive ketones (excluding diaryl/α,β-unsaturated/α-hetero) is 2. The molecule has 232 valence electrons. The van der Waals surface area contributed by atoms with Gasteiger partial charge in [0.05, 0.1) is 25.7 Å². The maximum atomic E-state index is 12.7. The van der Waals surface area contributed by atoms with Crippen LogP contribution in [0, 0.1) is 11.8 Å². The molecular weight excluding hydrogens is 544 g/mol. The lowest BCUT2D eigenvalue weighted by Crippen LogP contribution is -2.29. The van der Waals surface area contributed by atoms with Crippen molar-refractivity contribution in [1.29, 1.82) is 0 Å². The summed E-state index contributed by atoms with van der Waals surface area (Å²) in [7, 11) is 1.45. The Hall–Kier alpha value is -3.48. The van der Waals surface area contributed by atoms with Gasteiger partial charge < -0.3 is 14.2 Å². The smallest absolute Gasteiger partial charge is 0.308 e. The highest BCUT2D eigenvalue weighted by molar-refractivity contribution is 5.96. The van der Waals surface area contributed by atoms with Crippen LogP contribution in [0.1, 0.15) is 111 Å². The Morgan fingerprint density at radius 2 is 1.47 bits per heavy atom. The van der Waals surface area contributed by atoms with Gasteiger partial charge in [-0.2, -0.15) is 0 Å². The molecule has 2 aromatic rings. The largest absolute Gasteiger partial charge is 0.490 e. The molecule has 2 aliphatic carbocycles. The number of carbonyl (C=O) groups excluding carboxylic acids is 4. The Morgan fingerprint density at radius 3 is 2.09 bits per heavy atom. The van der Waals surface area contributed by atoms with Crippen LogP contribution in [0.4, 0.5) is 0 Å². The first-order valence-corrected chi connectivity index (χ1v) is 16.0. The lowest BCUT2D eigenvalue weighted by atomic mass is 9.77. The quantitative estimate of drug-likeness (QED) is 0.170. The molecule has 0 radical (unpaired) electrons. The van der Waals surface area contributed by atoms with Crippen molar-refractivity contribution in [2.24, 2.45) is 11.8 Å². The molecule has 7 nitrogen and oxygen atoms in total. The average Bonchev–Trinajstić information content (AvgIpc) is 3.02. The van der Waals surface area contributed by atoms with E-state index in [9.17, 15) is 19.2 Å². The molecule has 0 bridgehead atoms. The van der Waals surface area contributed by atoms with Crippen molar-refractivity contribution in [3.05, 3.63) is 65.2 Å². The number of ketones is 2. The predicted octanol–water partition coefficient (Wildman–Crippen LogP) is 7.19. The molecule has 0 spiro atoms. The lowest BCUT2D eigenvalue weighted by molar-refractivity contribution is -0.149. The Morgan fingerprint density at radius 1 is 0.791 bits per heavy atom. The van der Waals surface area contributed by atoms with Crippen LogP contribution in [-0.2, 0) is 30.3 Å². The van der Waals surface area contributed by atoms with Gasteiger partial charge in [0, 0.05) is 31.2 Å². The van der Waals surface area contributed by atoms with Crippen LogP contribution in [-0.4, -0.2) is 43.3 Å². The minimum atomic E-state index is -0.120. The van der Waals surface area contributed by atoms with E-state index in [1.807, 2.05) is 19.1 Å². The molecule has 4 rings (SSSR count). The molecule has 0 saturated heterocycles. The topological polar surface area (TPSA) is 96.0 Å². The fraction of sp³-hybridized carbons (Fsp3) is 0.556. The summed E-state index contributed by atoms with van der Waals surface area (Å²) in [5, 5.41) is 0. The van der Waals surface area contributed by atoms with Crippen LogP contribution in [0.3, 0.4) is 0 Å². The standard InChI is InChI=1S/C36H46O7/c1-3-42-36(40)30-17-21-33(22-18-30)43-32-19-15-29(16-20-32)34(38)6-4-5-31(37)23-25-7-11-27(12-8-25)28-13-9-26(10-14-28)24-35(39)41-2/h7-8,11-12,15-16,19-20,26,28,30,33H,3-6,9-10,13-14,17-18,21-24H2,1-2H3. The molecule has 0 N–H and O–H groups in total. The van der Waals surface area contributed by atoms with Crippen molar-refractivity contribution in [3.8, 4) is 5.75 Å². The first-order chi connectivity index (χ1) is 20.8. The maximum absolute atomic E-state index is 12.7. The predicted molar refractivity (Wildman–Crippen MR) is 164 cm³/mol. The van der Waals surface area contributed by atoms with Crippen LogP contribution in [0.2, 0.25) is 0 Å². The van der Waals surface area contributed by atoms with E-state index in [4.69, 9.17) is 14.2 Å². The van der Waals surface area contributed by atoms with Gasteiger partial charge in [-0.05, 0) is 112 Å². The Bertz CT molecular complexity index is 1200. The second kappa shape index (κ2) is 16.4. The van der Waals surface area contributed by atoms with E-state index in [2.05, 4.69) is 24.3 Å². The number of esters is 2. The normalized spacial score (nSPS) is 21.9. The molecule has 0 aromatic heterocycles. The van der Waals surface area contributed by atoms with Crippen molar-refractivity contribution in [2.75, 3.05) is 13.7 Å². The highest BCUT2D eigenvalue weighted by atomic mass is 16.5. The van der Waals surface area contributed by atoms with Crippen molar-refractivity contribution in [2.45, 2.75) is 102 Å². The SMILES string of the molecule is CCOC(=O)C1CCC(Oc2ccc(C(=O)CCCC(=O)Cc3ccc(C4CCC(CC(=O)OC)CC4)cc3)cc2)CC1. The van der Waals surface area contributed by atoms with Crippen LogP contribution in [0.15, 0.2) is 48.5 Å². The Balaban J connectivity index is 1.13. The van der Waals surface area contributed by atoms with Crippen LogP contribution in [0.25, 0.3) is 0 Å². The highest BCUT2D eigenvalue weighted by Crippen LogP contribution is 2.37. The maximum Gasteiger partial charge on any atom is 0.308 e. The molecule has 2 saturated carbocycles. The number of carbonyl (C=O) groups is 4. The second-order valence-electron chi connectivity index (χ2n) is 12.1. The minimum Gasteiger partial charge on any atom is -0.490 e. The van der Waals surface area contributed by atoms with E-state index in [1.54, 1.807) is 12.1 Å². The summed E-state index contributed by atoms with van der Waals surface area (Å²) in [6.45, 7) is 2.24. The molecule has 0 unspecified atom stereocenters. The summed E-state index contributed by atoms with van der Waals surface area (Å²) in [5.74, 6) is 1.56. The summed E-state index contributed by atoms with van der Waals surface area (Å²) in [5.41, 5.74) is 2.93. The average molecular weight is 591 g/mol. The molecule has 43 heavy (non-hydrogen) atoms. The van der Waals surface area contributed by atoms with Gasteiger partial charge in [-0.3, -0.25) is 19.2 Å². The third kappa shape index (κ3) is 10.0. The zero-order valence-electron chi connectivity index (χ0n) is 25.7. The van der Waals surface area contributed by atoms with Crippen LogP contribution < -0.4 is 4.74 Å². The molecule has 2 aromatic carbocycles. The number of rotatable bonds is 14. The monoisotopic (exact) mass is 590 g/mol. The van der Waals surface area contributed by atoms with Gasteiger partial charge in [0.15, 0.2) is 5.78 Å². The molecule has 0 heterocycles. The van der Waals surface area contributed by atoms with Gasteiger partial charge in [0.25, 0.3) is 0 Å². The molecule has 2 aliphatic rings. The summed E-state index contributed by atoms with van der Waals surface area (Å²) in [4.78, 5) is 48.8. The molecule has 7 heteroatoms. The van der Waals surface area contributed by atoms with E-state index < -0.39 is 0 Å². The summed E-state index contributed by atoms with van der Waals surface area (Å²) in [6, 6.07) is 15.6. The van der Waals surface area contributed by atoms with E-state index in [1.165, 1.54) is 12.7 Å². The third-order valence-electron chi connectivity index (χ3n) is 9.01. The summed E-state index contributed by atoms with van der Waals surface area (Å²) < 4.78 is 16.0. The number of methoxy groups -OCH3 is 1. The lowest BCUT2D eigenvalue weighted by Gasteiger charge is -2.28. The van der Waals surface area contributed by atoms with E-state index >= 15 is 0 Å². The minimum absolute atomic E-state index is 0.0277. The molecule has 0 amide bonds. The van der Waals surface area contributed by atoms with Gasteiger partial charge in [-0.25, -0.2) is 0 Å². The Kier molecular flexibility index (Phi) is 12.4. The van der Waals surface area contributed by atoms with E-state index in [0.717, 1.165) is 62.7 Å². The fourth-order valence-electron chi connectivity index (χ4n) is 6.42. The summed E-state index contributed by atoms with van der Waals surface area (Å²) >= 11 is 0. The number of hydrogen-bond acceptors (Lipinski definition) is 7. The van der Waals surface area contributed by atoms with E-state index in [0.29, 0.717) is 56.1 Å². The van der Waals surface area contributed by atoms with Crippen molar-refractivity contribution >= 4 is 23.5 Å². The molecule has 0 aliphatic heterocycles. The zero-order chi connectivity index (χ0) is 30.6. The van der Waals surface area contributed by atoms with Gasteiger partial charge in [-0.1, -0.05) is 24.3 Å². The second-order valence-corrected chi connectivity index (χ2v) is 12.1. The number of benzene rings is 2. The summed E-state index contributed by atoms with van der Waals surface area (Å²) in [6.07, 6.45) is 9.59. The van der Waals surface area contributed by atoms with E-state index in [-0.39, 0.29) is 35.5 Å². The zero-order valence-corrected chi connectivity index (χ0v) is 25.7. The van der Waals surface area contributed by atoms with Gasteiger partial charge in [0.2, 0.25) is 0 Å². The van der Waals surface area contributed by atoms with Crippen LogP contribution >= 0.6 is 0 Å². The van der Waals surface area contributed by atoms with Gasteiger partial charge >= 0.3 is 11.9 Å².